The minimum Gasteiger partial charge on any atom is -0.504 e. The number of nitrogens with one attached hydrogen (secondary N) is 1. The van der Waals surface area contributed by atoms with Crippen LogP contribution >= 0.6 is 0 Å². The summed E-state index contributed by atoms with van der Waals surface area (Å²) in [7, 11) is 0. The molecule has 94 valence electrons. The second kappa shape index (κ2) is 3.76. The van der Waals surface area contributed by atoms with Crippen LogP contribution in [0.25, 0.3) is 21.9 Å². The van der Waals surface area contributed by atoms with Crippen molar-refractivity contribution < 1.29 is 19.1 Å². The Bertz CT molecular complexity index is 681. The first-order valence-corrected chi connectivity index (χ1v) is 5.63. The van der Waals surface area contributed by atoms with Crippen LogP contribution in [0.2, 0.25) is 0 Å². The van der Waals surface area contributed by atoms with E-state index in [4.69, 9.17) is 14.0 Å². The molecule has 0 atom stereocenters. The number of rotatable bonds is 2. The van der Waals surface area contributed by atoms with Gasteiger partial charge in [0.1, 0.15) is 17.1 Å². The highest BCUT2D eigenvalue weighted by molar-refractivity contribution is 6.04. The van der Waals surface area contributed by atoms with Crippen LogP contribution in [0.3, 0.4) is 0 Å². The maximum atomic E-state index is 10.2. The summed E-state index contributed by atoms with van der Waals surface area (Å²) in [5, 5.41) is 20.5. The minimum atomic E-state index is 0.0756. The van der Waals surface area contributed by atoms with Gasteiger partial charge in [0.15, 0.2) is 11.3 Å². The van der Waals surface area contributed by atoms with Crippen LogP contribution in [0.4, 0.5) is 0 Å². The summed E-state index contributed by atoms with van der Waals surface area (Å²) < 4.78 is 11.1. The highest BCUT2D eigenvalue weighted by Gasteiger charge is 2.19. The van der Waals surface area contributed by atoms with Crippen molar-refractivity contribution in [3.8, 4) is 5.75 Å². The van der Waals surface area contributed by atoms with Gasteiger partial charge in [-0.1, -0.05) is 0 Å². The molecule has 0 saturated heterocycles. The van der Waals surface area contributed by atoms with Crippen LogP contribution in [0.15, 0.2) is 21.0 Å². The van der Waals surface area contributed by atoms with Crippen LogP contribution in [0.1, 0.15) is 17.1 Å². The van der Waals surface area contributed by atoms with E-state index < -0.39 is 0 Å². The first kappa shape index (κ1) is 11.1. The van der Waals surface area contributed by atoms with Gasteiger partial charge in [0.05, 0.1) is 11.9 Å². The normalized spacial score (nSPS) is 11.7. The Hall–Kier alpha value is -1.98. The summed E-state index contributed by atoms with van der Waals surface area (Å²) in [6, 6.07) is 3.57. The maximum Gasteiger partial charge on any atom is 0.177 e. The van der Waals surface area contributed by atoms with E-state index in [9.17, 15) is 5.11 Å². The van der Waals surface area contributed by atoms with E-state index in [0.717, 1.165) is 10.9 Å². The number of hydroxylamine groups is 1. The number of aryl methyl sites for hydroxylation is 2. The molecule has 5 nitrogen and oxygen atoms in total. The number of phenolic OH excluding ortho intramolecular Hbond substituents is 1. The molecule has 0 amide bonds. The van der Waals surface area contributed by atoms with Crippen molar-refractivity contribution in [3.63, 3.8) is 0 Å². The lowest BCUT2D eigenvalue weighted by Gasteiger charge is -2.04. The Morgan fingerprint density at radius 1 is 1.06 bits per heavy atom. The van der Waals surface area contributed by atoms with Crippen LogP contribution < -0.4 is 5.48 Å². The monoisotopic (exact) mass is 247 g/mol. The third kappa shape index (κ3) is 1.41. The lowest BCUT2D eigenvalue weighted by molar-refractivity contribution is 0.161. The van der Waals surface area contributed by atoms with Crippen LogP contribution in [0.5, 0.6) is 5.75 Å². The molecule has 3 N–H and O–H groups in total. The Kier molecular flexibility index (Phi) is 2.33. The molecule has 2 heterocycles. The van der Waals surface area contributed by atoms with Gasteiger partial charge in [-0.05, 0) is 26.0 Å². The van der Waals surface area contributed by atoms with Crippen LogP contribution in [0, 0.1) is 13.8 Å². The molecular formula is C13H13NO4. The lowest BCUT2D eigenvalue weighted by Crippen LogP contribution is -2.06. The molecule has 1 aromatic carbocycles. The number of furan rings is 2. The Morgan fingerprint density at radius 3 is 2.33 bits per heavy atom. The molecule has 0 fully saturated rings. The van der Waals surface area contributed by atoms with Gasteiger partial charge in [0.25, 0.3) is 0 Å². The molecule has 5 heteroatoms. The minimum absolute atomic E-state index is 0.0756. The molecule has 0 radical (unpaired) electrons. The fourth-order valence-corrected chi connectivity index (χ4v) is 2.33. The van der Waals surface area contributed by atoms with Crippen LogP contribution in [-0.2, 0) is 6.54 Å². The second-order valence-corrected chi connectivity index (χ2v) is 4.36. The van der Waals surface area contributed by atoms with Gasteiger partial charge in [-0.15, -0.1) is 0 Å². The summed E-state index contributed by atoms with van der Waals surface area (Å²) in [6.45, 7) is 3.84. The summed E-state index contributed by atoms with van der Waals surface area (Å²) in [6.07, 6.45) is 0. The highest BCUT2D eigenvalue weighted by atomic mass is 16.5. The molecule has 18 heavy (non-hydrogen) atoms. The molecule has 0 saturated carbocycles. The summed E-state index contributed by atoms with van der Waals surface area (Å²) in [4.78, 5) is 0. The standard InChI is InChI=1S/C13H13NO4/c1-6-3-8-10(5-14-16)12-9(4-7(2)17-12)11(15)13(8)18-6/h3-4,14-16H,5H2,1-2H3. The molecule has 0 aliphatic rings. The van der Waals surface area contributed by atoms with Gasteiger partial charge in [0, 0.05) is 10.9 Å². The van der Waals surface area contributed by atoms with E-state index in [1.807, 2.05) is 19.9 Å². The maximum absolute atomic E-state index is 10.2. The number of aromatic hydroxyl groups is 1. The van der Waals surface area contributed by atoms with Gasteiger partial charge < -0.3 is 19.1 Å². The van der Waals surface area contributed by atoms with Crippen molar-refractivity contribution in [3.05, 3.63) is 29.2 Å². The molecule has 3 aromatic rings. The Morgan fingerprint density at radius 2 is 1.67 bits per heavy atom. The van der Waals surface area contributed by atoms with Crippen molar-refractivity contribution in [2.75, 3.05) is 0 Å². The van der Waals surface area contributed by atoms with Crippen molar-refractivity contribution >= 4 is 21.9 Å². The van der Waals surface area contributed by atoms with Gasteiger partial charge in [-0.2, -0.15) is 0 Å². The fraction of sp³-hybridized carbons (Fsp3) is 0.231. The summed E-state index contributed by atoms with van der Waals surface area (Å²) in [5.41, 5.74) is 3.88. The molecule has 0 spiro atoms. The van der Waals surface area contributed by atoms with Crippen LogP contribution in [-0.4, -0.2) is 10.3 Å². The zero-order chi connectivity index (χ0) is 12.9. The van der Waals surface area contributed by atoms with E-state index >= 15 is 0 Å². The molecule has 2 aromatic heterocycles. The van der Waals surface area contributed by atoms with Gasteiger partial charge in [-0.25, -0.2) is 5.48 Å². The zero-order valence-corrected chi connectivity index (χ0v) is 10.1. The highest BCUT2D eigenvalue weighted by Crippen LogP contribution is 2.40. The van der Waals surface area contributed by atoms with E-state index in [1.165, 1.54) is 0 Å². The summed E-state index contributed by atoms with van der Waals surface area (Å²) >= 11 is 0. The van der Waals surface area contributed by atoms with E-state index in [-0.39, 0.29) is 12.3 Å². The molecule has 0 bridgehead atoms. The van der Waals surface area contributed by atoms with Crippen molar-refractivity contribution in [1.29, 1.82) is 0 Å². The van der Waals surface area contributed by atoms with Crippen molar-refractivity contribution in [1.82, 2.24) is 5.48 Å². The van der Waals surface area contributed by atoms with Crippen molar-refractivity contribution in [2.24, 2.45) is 0 Å². The predicted molar refractivity (Wildman–Crippen MR) is 65.8 cm³/mol. The Balaban J connectivity index is 2.51. The van der Waals surface area contributed by atoms with Gasteiger partial charge >= 0.3 is 0 Å². The third-order valence-electron chi connectivity index (χ3n) is 3.04. The quantitative estimate of drug-likeness (QED) is 0.607. The molecule has 0 aliphatic heterocycles. The SMILES string of the molecule is Cc1cc2c(CNO)c3oc(C)cc3c(O)c2o1. The number of benzene rings is 1. The first-order chi connectivity index (χ1) is 8.61. The average molecular weight is 247 g/mol. The van der Waals surface area contributed by atoms with Gasteiger partial charge in [-0.3, -0.25) is 0 Å². The molecule has 0 unspecified atom stereocenters. The van der Waals surface area contributed by atoms with E-state index in [0.29, 0.717) is 28.1 Å². The molecule has 0 aliphatic carbocycles. The largest absolute Gasteiger partial charge is 0.504 e. The molecule has 3 rings (SSSR count). The smallest absolute Gasteiger partial charge is 0.177 e. The van der Waals surface area contributed by atoms with Crippen molar-refractivity contribution in [2.45, 2.75) is 20.4 Å². The second-order valence-electron chi connectivity index (χ2n) is 4.36. The number of phenols is 1. The topological polar surface area (TPSA) is 78.8 Å². The van der Waals surface area contributed by atoms with E-state index in [1.54, 1.807) is 6.07 Å². The van der Waals surface area contributed by atoms with E-state index in [2.05, 4.69) is 5.48 Å². The predicted octanol–water partition coefficient (Wildman–Crippen LogP) is 2.98. The summed E-state index contributed by atoms with van der Waals surface area (Å²) in [5.74, 6) is 1.47. The van der Waals surface area contributed by atoms with Gasteiger partial charge in [0.2, 0.25) is 0 Å². The average Bonchev–Trinajstić information content (AvgIpc) is 2.88. The number of fused-ring (bicyclic) bond motifs is 2. The third-order valence-corrected chi connectivity index (χ3v) is 3.04. The first-order valence-electron chi connectivity index (χ1n) is 5.63. The molecular weight excluding hydrogens is 234 g/mol. The Labute approximate surface area is 103 Å². The number of hydrogen-bond donors (Lipinski definition) is 3. The number of hydrogen-bond acceptors (Lipinski definition) is 5. The fourth-order valence-electron chi connectivity index (χ4n) is 2.33. The lowest BCUT2D eigenvalue weighted by atomic mass is 10.1. The zero-order valence-electron chi connectivity index (χ0n) is 10.1.